The van der Waals surface area contributed by atoms with Crippen molar-refractivity contribution in [2.75, 3.05) is 13.1 Å². The summed E-state index contributed by atoms with van der Waals surface area (Å²) >= 11 is 6.00. The molecule has 1 spiro atoms. The molecule has 0 radical (unpaired) electrons. The number of ether oxygens (including phenoxy) is 1. The number of likely N-dealkylation sites (tertiary alicyclic amines) is 1. The second kappa shape index (κ2) is 7.83. The van der Waals surface area contributed by atoms with Crippen LogP contribution in [-0.2, 0) is 21.4 Å². The van der Waals surface area contributed by atoms with Crippen molar-refractivity contribution in [1.29, 1.82) is 0 Å². The molecule has 1 saturated heterocycles. The smallest absolute Gasteiger partial charge is 0.244 e. The summed E-state index contributed by atoms with van der Waals surface area (Å²) in [6, 6.07) is 11.1. The Morgan fingerprint density at radius 1 is 1.19 bits per heavy atom. The molecular formula is C29H29ClN2O4. The van der Waals surface area contributed by atoms with Gasteiger partial charge in [0.05, 0.1) is 11.0 Å². The number of piperidine rings is 1. The highest BCUT2D eigenvalue weighted by Gasteiger charge is 2.73. The fourth-order valence-corrected chi connectivity index (χ4v) is 7.70. The Balaban J connectivity index is 1.33. The molecule has 0 aromatic heterocycles. The van der Waals surface area contributed by atoms with E-state index in [9.17, 15) is 14.7 Å². The SMILES string of the molecule is O=C(C=Cc1ccc(Cl)cc1)N[C@@]12CCC(=O)[C@@H]3Oc4c(O)ccc5c4[C@@]31CCN(CC1CC1)[C@@H]2C5. The van der Waals surface area contributed by atoms with Gasteiger partial charge in [-0.3, -0.25) is 14.5 Å². The number of ketones is 1. The molecule has 2 aliphatic heterocycles. The highest BCUT2D eigenvalue weighted by atomic mass is 35.5. The molecule has 2 saturated carbocycles. The first kappa shape index (κ1) is 22.4. The van der Waals surface area contributed by atoms with Crippen molar-refractivity contribution >= 4 is 29.4 Å². The first-order valence-electron chi connectivity index (χ1n) is 13.0. The van der Waals surface area contributed by atoms with Gasteiger partial charge in [-0.2, -0.15) is 0 Å². The number of hydrogen-bond donors (Lipinski definition) is 2. The molecule has 3 fully saturated rings. The Morgan fingerprint density at radius 2 is 2.00 bits per heavy atom. The molecule has 5 aliphatic rings. The van der Waals surface area contributed by atoms with E-state index >= 15 is 0 Å². The number of aromatic hydroxyl groups is 1. The van der Waals surface area contributed by atoms with Crippen molar-refractivity contribution in [2.24, 2.45) is 5.92 Å². The van der Waals surface area contributed by atoms with E-state index in [1.165, 1.54) is 12.8 Å². The molecule has 2 aromatic rings. The fourth-order valence-electron chi connectivity index (χ4n) is 7.57. The Labute approximate surface area is 215 Å². The zero-order valence-electron chi connectivity index (χ0n) is 20.0. The van der Waals surface area contributed by atoms with Gasteiger partial charge in [-0.25, -0.2) is 0 Å². The number of phenols is 1. The maximum atomic E-state index is 13.5. The van der Waals surface area contributed by atoms with E-state index in [1.807, 2.05) is 18.2 Å². The topological polar surface area (TPSA) is 78.9 Å². The number of carbonyl (C=O) groups excluding carboxylic acids is 2. The van der Waals surface area contributed by atoms with E-state index in [1.54, 1.807) is 30.4 Å². The van der Waals surface area contributed by atoms with E-state index in [2.05, 4.69) is 10.2 Å². The molecule has 2 aromatic carbocycles. The molecule has 1 amide bonds. The van der Waals surface area contributed by atoms with Crippen LogP contribution in [0.25, 0.3) is 6.08 Å². The normalized spacial score (nSPS) is 32.3. The van der Waals surface area contributed by atoms with Gasteiger partial charge in [-0.05, 0) is 80.0 Å². The van der Waals surface area contributed by atoms with Gasteiger partial charge < -0.3 is 15.2 Å². The van der Waals surface area contributed by atoms with Gasteiger partial charge in [0.25, 0.3) is 0 Å². The van der Waals surface area contributed by atoms with Crippen molar-refractivity contribution in [2.45, 2.75) is 61.6 Å². The van der Waals surface area contributed by atoms with Crippen LogP contribution in [-0.4, -0.2) is 52.5 Å². The third-order valence-corrected chi connectivity index (χ3v) is 9.51. The van der Waals surface area contributed by atoms with Gasteiger partial charge in [0.2, 0.25) is 5.91 Å². The molecule has 6 nitrogen and oxygen atoms in total. The molecule has 36 heavy (non-hydrogen) atoms. The highest BCUT2D eigenvalue weighted by Crippen LogP contribution is 2.65. The number of nitrogens with zero attached hydrogens (tertiary/aromatic N) is 1. The van der Waals surface area contributed by atoms with Crippen molar-refractivity contribution in [1.82, 2.24) is 10.2 Å². The molecule has 3 aliphatic carbocycles. The lowest BCUT2D eigenvalue weighted by Crippen LogP contribution is -2.81. The molecule has 7 heteroatoms. The molecule has 2 heterocycles. The van der Waals surface area contributed by atoms with Crippen LogP contribution in [0.4, 0.5) is 0 Å². The van der Waals surface area contributed by atoms with Crippen molar-refractivity contribution < 1.29 is 19.4 Å². The number of hydrogen-bond acceptors (Lipinski definition) is 5. The summed E-state index contributed by atoms with van der Waals surface area (Å²) < 4.78 is 6.30. The van der Waals surface area contributed by atoms with Crippen LogP contribution in [0.15, 0.2) is 42.5 Å². The molecule has 186 valence electrons. The summed E-state index contributed by atoms with van der Waals surface area (Å²) in [4.78, 5) is 29.4. The lowest BCUT2D eigenvalue weighted by molar-refractivity contribution is -0.148. The van der Waals surface area contributed by atoms with E-state index < -0.39 is 17.1 Å². The summed E-state index contributed by atoms with van der Waals surface area (Å²) in [7, 11) is 0. The third-order valence-electron chi connectivity index (χ3n) is 9.26. The number of halogens is 1. The average Bonchev–Trinajstić information content (AvgIpc) is 3.61. The van der Waals surface area contributed by atoms with E-state index in [-0.39, 0.29) is 23.5 Å². The predicted molar refractivity (Wildman–Crippen MR) is 136 cm³/mol. The van der Waals surface area contributed by atoms with Crippen molar-refractivity contribution in [3.63, 3.8) is 0 Å². The van der Waals surface area contributed by atoms with E-state index in [4.69, 9.17) is 16.3 Å². The van der Waals surface area contributed by atoms with E-state index in [0.29, 0.717) is 29.5 Å². The quantitative estimate of drug-likeness (QED) is 0.601. The molecule has 0 unspecified atom stereocenters. The monoisotopic (exact) mass is 504 g/mol. The number of amides is 1. The summed E-state index contributed by atoms with van der Waals surface area (Å²) in [5.74, 6) is 1.13. The average molecular weight is 505 g/mol. The first-order chi connectivity index (χ1) is 17.4. The van der Waals surface area contributed by atoms with Crippen molar-refractivity contribution in [3.8, 4) is 11.5 Å². The number of Topliss-reactive ketones (excluding diaryl/α,β-unsaturated/α-hetero) is 1. The largest absolute Gasteiger partial charge is 0.504 e. The van der Waals surface area contributed by atoms with Crippen LogP contribution in [0.5, 0.6) is 11.5 Å². The van der Waals surface area contributed by atoms with Gasteiger partial charge in [0.1, 0.15) is 0 Å². The maximum absolute atomic E-state index is 13.5. The highest BCUT2D eigenvalue weighted by molar-refractivity contribution is 6.30. The Morgan fingerprint density at radius 3 is 2.78 bits per heavy atom. The number of nitrogens with one attached hydrogen (secondary N) is 1. The number of carbonyl (C=O) groups is 2. The van der Waals surface area contributed by atoms with Gasteiger partial charge >= 0.3 is 0 Å². The van der Waals surface area contributed by atoms with Crippen LogP contribution >= 0.6 is 11.6 Å². The van der Waals surface area contributed by atoms with Crippen LogP contribution < -0.4 is 10.1 Å². The maximum Gasteiger partial charge on any atom is 0.244 e. The minimum Gasteiger partial charge on any atom is -0.504 e. The molecule has 7 rings (SSSR count). The minimum atomic E-state index is -0.681. The summed E-state index contributed by atoms with van der Waals surface area (Å²) in [6.07, 6.45) is 7.63. The fraction of sp³-hybridized carbons (Fsp3) is 0.448. The lowest BCUT2D eigenvalue weighted by Gasteiger charge is -2.65. The van der Waals surface area contributed by atoms with Crippen LogP contribution in [0, 0.1) is 5.92 Å². The summed E-state index contributed by atoms with van der Waals surface area (Å²) in [5, 5.41) is 14.8. The summed E-state index contributed by atoms with van der Waals surface area (Å²) in [6.45, 7) is 1.89. The Hall–Kier alpha value is -2.83. The predicted octanol–water partition coefficient (Wildman–Crippen LogP) is 4.02. The zero-order valence-corrected chi connectivity index (χ0v) is 20.8. The number of phenolic OH excluding ortho intramolecular Hbond substituents is 1. The Kier molecular flexibility index (Phi) is 4.87. The van der Waals surface area contributed by atoms with Gasteiger partial charge in [0.15, 0.2) is 23.4 Å². The standard InChI is InChI=1S/C29H29ClN2O4/c30-20-7-3-17(4-8-20)5-10-24(35)31-29-12-11-22(34)27-28(29)13-14-32(16-18-1-2-18)23(29)15-19-6-9-21(33)26(36-27)25(19)28/h3-10,18,23,27,33H,1-2,11-16H2,(H,31,35)/t23-,27+,28+,29-/m1/s1. The van der Waals surface area contributed by atoms with Crippen molar-refractivity contribution in [3.05, 3.63) is 64.2 Å². The molecule has 2 N–H and O–H groups in total. The lowest BCUT2D eigenvalue weighted by atomic mass is 9.47. The molecule has 2 bridgehead atoms. The van der Waals surface area contributed by atoms with Gasteiger partial charge in [0, 0.05) is 35.7 Å². The Bertz CT molecular complexity index is 1300. The zero-order chi connectivity index (χ0) is 24.7. The van der Waals surface area contributed by atoms with E-state index in [0.717, 1.165) is 42.6 Å². The van der Waals surface area contributed by atoms with Gasteiger partial charge in [-0.1, -0.05) is 29.8 Å². The second-order valence-corrected chi connectivity index (χ2v) is 11.6. The van der Waals surface area contributed by atoms with Crippen LogP contribution in [0.1, 0.15) is 48.8 Å². The second-order valence-electron chi connectivity index (χ2n) is 11.1. The first-order valence-corrected chi connectivity index (χ1v) is 13.3. The summed E-state index contributed by atoms with van der Waals surface area (Å²) in [5.41, 5.74) is 1.66. The minimum absolute atomic E-state index is 0.0643. The number of benzene rings is 2. The third kappa shape index (κ3) is 3.07. The van der Waals surface area contributed by atoms with Crippen LogP contribution in [0.3, 0.4) is 0 Å². The van der Waals surface area contributed by atoms with Crippen LogP contribution in [0.2, 0.25) is 5.02 Å². The molecular weight excluding hydrogens is 476 g/mol. The van der Waals surface area contributed by atoms with Gasteiger partial charge in [-0.15, -0.1) is 0 Å². The number of rotatable bonds is 5. The molecule has 4 atom stereocenters.